The first-order valence-electron chi connectivity index (χ1n) is 5.94. The van der Waals surface area contributed by atoms with Crippen molar-refractivity contribution < 1.29 is 18.7 Å². The van der Waals surface area contributed by atoms with Crippen molar-refractivity contribution in [2.75, 3.05) is 11.9 Å². The highest BCUT2D eigenvalue weighted by molar-refractivity contribution is 5.93. The Bertz CT molecular complexity index is 632. The molecule has 4 nitrogen and oxygen atoms in total. The van der Waals surface area contributed by atoms with E-state index in [-0.39, 0.29) is 17.2 Å². The van der Waals surface area contributed by atoms with Crippen LogP contribution in [0.4, 0.5) is 14.6 Å². The van der Waals surface area contributed by atoms with Crippen LogP contribution < -0.4 is 5.32 Å². The van der Waals surface area contributed by atoms with Crippen LogP contribution in [0.1, 0.15) is 15.9 Å². The molecule has 6 heteroatoms. The number of halogens is 2. The zero-order chi connectivity index (χ0) is 14.5. The largest absolute Gasteiger partial charge is 0.478 e. The van der Waals surface area contributed by atoms with Crippen LogP contribution in [0.2, 0.25) is 0 Å². The Balaban J connectivity index is 2.05. The van der Waals surface area contributed by atoms with Crippen molar-refractivity contribution in [3.8, 4) is 0 Å². The van der Waals surface area contributed by atoms with E-state index in [1.165, 1.54) is 6.07 Å². The third-order valence-electron chi connectivity index (χ3n) is 2.73. The maximum Gasteiger partial charge on any atom is 0.339 e. The van der Waals surface area contributed by atoms with Gasteiger partial charge in [0, 0.05) is 6.54 Å². The van der Waals surface area contributed by atoms with Crippen LogP contribution in [0.15, 0.2) is 36.5 Å². The van der Waals surface area contributed by atoms with Crippen molar-refractivity contribution in [3.63, 3.8) is 0 Å². The Morgan fingerprint density at radius 2 is 2.05 bits per heavy atom. The number of carbonyl (C=O) groups is 1. The average Bonchev–Trinajstić information content (AvgIpc) is 2.42. The number of pyridine rings is 1. The molecule has 104 valence electrons. The Kier molecular flexibility index (Phi) is 4.24. The number of benzene rings is 1. The lowest BCUT2D eigenvalue weighted by molar-refractivity contribution is 0.0697. The van der Waals surface area contributed by atoms with Gasteiger partial charge in [0.25, 0.3) is 0 Å². The predicted molar refractivity (Wildman–Crippen MR) is 69.7 cm³/mol. The standard InChI is InChI=1S/C14H12F2N2O2/c15-10-7-11(14(19)20)13(18-8-10)17-6-5-9-3-1-2-4-12(9)16/h1-4,7-8H,5-6H2,(H,17,18)(H,19,20). The summed E-state index contributed by atoms with van der Waals surface area (Å²) in [5.74, 6) is -2.25. The lowest BCUT2D eigenvalue weighted by Gasteiger charge is -2.09. The average molecular weight is 278 g/mol. The van der Waals surface area contributed by atoms with Crippen LogP contribution >= 0.6 is 0 Å². The molecule has 0 saturated carbocycles. The summed E-state index contributed by atoms with van der Waals surface area (Å²) in [6.45, 7) is 0.292. The fourth-order valence-electron chi connectivity index (χ4n) is 1.76. The lowest BCUT2D eigenvalue weighted by atomic mass is 10.1. The zero-order valence-electron chi connectivity index (χ0n) is 10.4. The number of aromatic nitrogens is 1. The van der Waals surface area contributed by atoms with Gasteiger partial charge in [-0.3, -0.25) is 0 Å². The van der Waals surface area contributed by atoms with E-state index < -0.39 is 11.8 Å². The highest BCUT2D eigenvalue weighted by Gasteiger charge is 2.12. The highest BCUT2D eigenvalue weighted by atomic mass is 19.1. The fraction of sp³-hybridized carbons (Fsp3) is 0.143. The van der Waals surface area contributed by atoms with Gasteiger partial charge in [-0.1, -0.05) is 18.2 Å². The molecule has 0 saturated heterocycles. The first-order chi connectivity index (χ1) is 9.58. The third kappa shape index (κ3) is 3.28. The van der Waals surface area contributed by atoms with Crippen LogP contribution in [0.3, 0.4) is 0 Å². The molecule has 0 atom stereocenters. The van der Waals surface area contributed by atoms with Gasteiger partial charge in [0.1, 0.15) is 23.0 Å². The number of carboxylic acid groups (broad SMARTS) is 1. The number of carboxylic acids is 1. The van der Waals surface area contributed by atoms with E-state index >= 15 is 0 Å². The van der Waals surface area contributed by atoms with Gasteiger partial charge in [-0.25, -0.2) is 18.6 Å². The quantitative estimate of drug-likeness (QED) is 0.882. The van der Waals surface area contributed by atoms with Crippen molar-refractivity contribution in [2.24, 2.45) is 0 Å². The topological polar surface area (TPSA) is 62.2 Å². The smallest absolute Gasteiger partial charge is 0.339 e. The molecule has 0 radical (unpaired) electrons. The Hall–Kier alpha value is -2.50. The van der Waals surface area contributed by atoms with Gasteiger partial charge in [0.15, 0.2) is 0 Å². The molecule has 0 fully saturated rings. The second-order valence-electron chi connectivity index (χ2n) is 4.12. The molecule has 1 heterocycles. The first kappa shape index (κ1) is 13.9. The summed E-state index contributed by atoms with van der Waals surface area (Å²) in [4.78, 5) is 14.6. The number of aromatic carboxylic acids is 1. The maximum absolute atomic E-state index is 13.4. The van der Waals surface area contributed by atoms with E-state index in [9.17, 15) is 13.6 Å². The van der Waals surface area contributed by atoms with Gasteiger partial charge < -0.3 is 10.4 Å². The highest BCUT2D eigenvalue weighted by Crippen LogP contribution is 2.14. The van der Waals surface area contributed by atoms with E-state index in [1.54, 1.807) is 18.2 Å². The van der Waals surface area contributed by atoms with Crippen molar-refractivity contribution in [3.05, 3.63) is 59.3 Å². The zero-order valence-corrected chi connectivity index (χ0v) is 10.4. The molecule has 0 unspecified atom stereocenters. The minimum absolute atomic E-state index is 0.0650. The maximum atomic E-state index is 13.4. The fourth-order valence-corrected chi connectivity index (χ4v) is 1.76. The van der Waals surface area contributed by atoms with Crippen LogP contribution in [-0.2, 0) is 6.42 Å². The molecular formula is C14H12F2N2O2. The molecule has 0 bridgehead atoms. The lowest BCUT2D eigenvalue weighted by Crippen LogP contribution is -2.12. The summed E-state index contributed by atoms with van der Waals surface area (Å²) in [7, 11) is 0. The Morgan fingerprint density at radius 1 is 1.30 bits per heavy atom. The number of hydrogen-bond acceptors (Lipinski definition) is 3. The number of nitrogens with one attached hydrogen (secondary N) is 1. The van der Waals surface area contributed by atoms with Gasteiger partial charge in [0.2, 0.25) is 0 Å². The number of anilines is 1. The van der Waals surface area contributed by atoms with E-state index in [4.69, 9.17) is 5.11 Å². The minimum Gasteiger partial charge on any atom is -0.478 e. The van der Waals surface area contributed by atoms with Crippen molar-refractivity contribution in [1.82, 2.24) is 4.98 Å². The summed E-state index contributed by atoms with van der Waals surface area (Å²) in [5, 5.41) is 11.7. The van der Waals surface area contributed by atoms with Gasteiger partial charge in [-0.15, -0.1) is 0 Å². The molecular weight excluding hydrogens is 266 g/mol. The van der Waals surface area contributed by atoms with Crippen LogP contribution in [-0.4, -0.2) is 22.6 Å². The monoisotopic (exact) mass is 278 g/mol. The summed E-state index contributed by atoms with van der Waals surface area (Å²) in [6.07, 6.45) is 1.29. The molecule has 1 aromatic carbocycles. The minimum atomic E-state index is -1.27. The van der Waals surface area contributed by atoms with Gasteiger partial charge in [-0.2, -0.15) is 0 Å². The molecule has 0 aliphatic carbocycles. The van der Waals surface area contributed by atoms with E-state index in [2.05, 4.69) is 10.3 Å². The number of nitrogens with zero attached hydrogens (tertiary/aromatic N) is 1. The summed E-state index contributed by atoms with van der Waals surface area (Å²) < 4.78 is 26.3. The van der Waals surface area contributed by atoms with Crippen molar-refractivity contribution in [1.29, 1.82) is 0 Å². The van der Waals surface area contributed by atoms with E-state index in [0.717, 1.165) is 12.3 Å². The molecule has 0 spiro atoms. The Labute approximate surface area is 114 Å². The first-order valence-corrected chi connectivity index (χ1v) is 5.94. The molecule has 0 aliphatic heterocycles. The second kappa shape index (κ2) is 6.10. The molecule has 1 aromatic heterocycles. The summed E-state index contributed by atoms with van der Waals surface area (Å²) >= 11 is 0. The normalized spacial score (nSPS) is 10.3. The summed E-state index contributed by atoms with van der Waals surface area (Å²) in [5.41, 5.74) is 0.262. The van der Waals surface area contributed by atoms with Crippen molar-refractivity contribution >= 4 is 11.8 Å². The second-order valence-corrected chi connectivity index (χ2v) is 4.12. The summed E-state index contributed by atoms with van der Waals surface area (Å²) in [6, 6.07) is 7.20. The van der Waals surface area contributed by atoms with Crippen LogP contribution in [0, 0.1) is 11.6 Å². The van der Waals surface area contributed by atoms with Gasteiger partial charge in [-0.05, 0) is 24.1 Å². The molecule has 20 heavy (non-hydrogen) atoms. The van der Waals surface area contributed by atoms with Gasteiger partial charge in [0.05, 0.1) is 6.20 Å². The molecule has 2 aromatic rings. The van der Waals surface area contributed by atoms with E-state index in [1.807, 2.05) is 0 Å². The SMILES string of the molecule is O=C(O)c1cc(F)cnc1NCCc1ccccc1F. The van der Waals surface area contributed by atoms with E-state index in [0.29, 0.717) is 18.5 Å². The molecule has 2 rings (SSSR count). The number of rotatable bonds is 5. The molecule has 0 aliphatic rings. The Morgan fingerprint density at radius 3 is 2.75 bits per heavy atom. The predicted octanol–water partition coefficient (Wildman–Crippen LogP) is 2.71. The van der Waals surface area contributed by atoms with Crippen molar-refractivity contribution in [2.45, 2.75) is 6.42 Å². The van der Waals surface area contributed by atoms with Crippen LogP contribution in [0.5, 0.6) is 0 Å². The third-order valence-corrected chi connectivity index (χ3v) is 2.73. The number of hydrogen-bond donors (Lipinski definition) is 2. The molecule has 2 N–H and O–H groups in total. The van der Waals surface area contributed by atoms with Crippen LogP contribution in [0.25, 0.3) is 0 Å². The van der Waals surface area contributed by atoms with Gasteiger partial charge >= 0.3 is 5.97 Å². The molecule has 0 amide bonds.